The fraction of sp³-hybridized carbons (Fsp3) is 0.400. The molecule has 1 aliphatic heterocycles. The van der Waals surface area contributed by atoms with Crippen molar-refractivity contribution in [2.75, 3.05) is 24.6 Å². The number of amides is 1. The molecule has 1 amide bonds. The lowest BCUT2D eigenvalue weighted by Gasteiger charge is -2.29. The van der Waals surface area contributed by atoms with Crippen molar-refractivity contribution < 1.29 is 19.0 Å². The number of aryl methyl sites for hydroxylation is 1. The van der Waals surface area contributed by atoms with Gasteiger partial charge in [-0.3, -0.25) is 4.90 Å². The Bertz CT molecular complexity index is 1170. The van der Waals surface area contributed by atoms with E-state index in [0.717, 1.165) is 18.5 Å². The van der Waals surface area contributed by atoms with Crippen LogP contribution in [0.1, 0.15) is 32.8 Å². The minimum Gasteiger partial charge on any atom is -0.507 e. The first-order chi connectivity index (χ1) is 15.6. The smallest absolute Gasteiger partial charge is 0.415 e. The van der Waals surface area contributed by atoms with E-state index in [1.165, 1.54) is 18.2 Å². The molecule has 0 unspecified atom stereocenters. The minimum atomic E-state index is -0.641. The van der Waals surface area contributed by atoms with Gasteiger partial charge in [0.05, 0.1) is 23.7 Å². The summed E-state index contributed by atoms with van der Waals surface area (Å²) in [5.74, 6) is -0.557. The number of ether oxygens (including phenoxy) is 1. The Morgan fingerprint density at radius 2 is 2.06 bits per heavy atom. The highest BCUT2D eigenvalue weighted by molar-refractivity contribution is 6.00. The van der Waals surface area contributed by atoms with E-state index in [9.17, 15) is 14.3 Å². The van der Waals surface area contributed by atoms with Gasteiger partial charge in [0, 0.05) is 11.9 Å². The van der Waals surface area contributed by atoms with E-state index in [1.807, 2.05) is 45.9 Å². The molecule has 1 atom stereocenters. The Morgan fingerprint density at radius 3 is 2.73 bits per heavy atom. The summed E-state index contributed by atoms with van der Waals surface area (Å²) in [7, 11) is 0. The maximum absolute atomic E-state index is 14.7. The predicted molar refractivity (Wildman–Crippen MR) is 126 cm³/mol. The van der Waals surface area contributed by atoms with Crippen LogP contribution in [0.15, 0.2) is 36.4 Å². The van der Waals surface area contributed by atoms with Gasteiger partial charge in [0.15, 0.2) is 5.82 Å². The van der Waals surface area contributed by atoms with E-state index in [1.54, 1.807) is 4.90 Å². The number of hydrogen-bond acceptors (Lipinski definition) is 6. The summed E-state index contributed by atoms with van der Waals surface area (Å²) < 4.78 is 20.4. The molecule has 1 aromatic heterocycles. The molecular formula is C25H29FN4O3. The number of carbonyl (C=O) groups is 1. The van der Waals surface area contributed by atoms with Gasteiger partial charge in [-0.05, 0) is 55.1 Å². The third kappa shape index (κ3) is 4.90. The number of carbonyl (C=O) groups excluding carboxylic acids is 1. The summed E-state index contributed by atoms with van der Waals surface area (Å²) in [6.45, 7) is 9.49. The molecule has 0 bridgehead atoms. The van der Waals surface area contributed by atoms with E-state index in [-0.39, 0.29) is 35.2 Å². The highest BCUT2D eigenvalue weighted by Crippen LogP contribution is 2.35. The minimum absolute atomic E-state index is 0.0123. The van der Waals surface area contributed by atoms with Crippen LogP contribution in [-0.4, -0.2) is 46.9 Å². The zero-order chi connectivity index (χ0) is 23.8. The van der Waals surface area contributed by atoms with Gasteiger partial charge in [-0.2, -0.15) is 0 Å². The molecule has 0 radical (unpaired) electrons. The van der Waals surface area contributed by atoms with Gasteiger partial charge in [0.1, 0.15) is 17.4 Å². The molecule has 0 saturated carbocycles. The SMILES string of the molecule is Cc1ccc2c(N(C(=O)OCC(C)(C)C)[C@@H]3CCNC3)nc(-c3c(O)cccc3F)nc2c1. The Kier molecular flexibility index (Phi) is 6.21. The number of phenolic OH excluding ortho intramolecular Hbond substituents is 1. The third-order valence-corrected chi connectivity index (χ3v) is 5.50. The van der Waals surface area contributed by atoms with Gasteiger partial charge >= 0.3 is 6.09 Å². The van der Waals surface area contributed by atoms with Crippen LogP contribution in [0.25, 0.3) is 22.3 Å². The van der Waals surface area contributed by atoms with Crippen molar-refractivity contribution in [1.29, 1.82) is 0 Å². The fourth-order valence-corrected chi connectivity index (χ4v) is 3.87. The molecule has 8 heteroatoms. The number of aromatic nitrogens is 2. The number of phenols is 1. The van der Waals surface area contributed by atoms with Crippen molar-refractivity contribution in [1.82, 2.24) is 15.3 Å². The Labute approximate surface area is 192 Å². The van der Waals surface area contributed by atoms with E-state index >= 15 is 0 Å². The summed E-state index contributed by atoms with van der Waals surface area (Å²) in [5.41, 5.74) is 1.21. The molecule has 1 aliphatic rings. The number of hydrogen-bond donors (Lipinski definition) is 2. The molecule has 2 heterocycles. The van der Waals surface area contributed by atoms with E-state index in [4.69, 9.17) is 4.74 Å². The maximum Gasteiger partial charge on any atom is 0.415 e. The number of nitrogens with zero attached hydrogens (tertiary/aromatic N) is 3. The molecule has 1 fully saturated rings. The van der Waals surface area contributed by atoms with E-state index in [0.29, 0.717) is 23.3 Å². The van der Waals surface area contributed by atoms with Gasteiger partial charge in [0.25, 0.3) is 0 Å². The molecule has 1 saturated heterocycles. The summed E-state index contributed by atoms with van der Waals surface area (Å²) in [6.07, 6.45) is 0.213. The number of rotatable bonds is 4. The molecule has 174 valence electrons. The van der Waals surface area contributed by atoms with Gasteiger partial charge in [-0.15, -0.1) is 0 Å². The largest absolute Gasteiger partial charge is 0.507 e. The van der Waals surface area contributed by atoms with Crippen molar-refractivity contribution >= 4 is 22.8 Å². The number of aromatic hydroxyl groups is 1. The van der Waals surface area contributed by atoms with Gasteiger partial charge < -0.3 is 15.2 Å². The van der Waals surface area contributed by atoms with Crippen LogP contribution in [0.2, 0.25) is 0 Å². The van der Waals surface area contributed by atoms with Crippen molar-refractivity contribution in [2.24, 2.45) is 5.41 Å². The first-order valence-electron chi connectivity index (χ1n) is 11.1. The second-order valence-electron chi connectivity index (χ2n) is 9.66. The monoisotopic (exact) mass is 452 g/mol. The number of fused-ring (bicyclic) bond motifs is 1. The second-order valence-corrected chi connectivity index (χ2v) is 9.66. The molecule has 33 heavy (non-hydrogen) atoms. The normalized spacial score (nSPS) is 16.2. The zero-order valence-corrected chi connectivity index (χ0v) is 19.4. The first kappa shape index (κ1) is 22.9. The molecule has 7 nitrogen and oxygen atoms in total. The molecule has 3 aromatic rings. The molecule has 0 aliphatic carbocycles. The van der Waals surface area contributed by atoms with Crippen LogP contribution in [0.3, 0.4) is 0 Å². The van der Waals surface area contributed by atoms with Crippen LogP contribution in [0, 0.1) is 18.2 Å². The van der Waals surface area contributed by atoms with E-state index < -0.39 is 11.9 Å². The lowest BCUT2D eigenvalue weighted by molar-refractivity contribution is 0.110. The van der Waals surface area contributed by atoms with Crippen LogP contribution in [0.4, 0.5) is 15.0 Å². The molecule has 4 rings (SSSR count). The fourth-order valence-electron chi connectivity index (χ4n) is 3.87. The number of benzene rings is 2. The Balaban J connectivity index is 1.91. The topological polar surface area (TPSA) is 87.6 Å². The summed E-state index contributed by atoms with van der Waals surface area (Å²) >= 11 is 0. The van der Waals surface area contributed by atoms with Crippen molar-refractivity contribution in [3.05, 3.63) is 47.8 Å². The molecule has 2 N–H and O–H groups in total. The summed E-state index contributed by atoms with van der Waals surface area (Å²) in [6, 6.07) is 9.50. The van der Waals surface area contributed by atoms with E-state index in [2.05, 4.69) is 15.3 Å². The van der Waals surface area contributed by atoms with Gasteiger partial charge in [0.2, 0.25) is 0 Å². The Hall–Kier alpha value is -3.26. The van der Waals surface area contributed by atoms with Crippen LogP contribution in [-0.2, 0) is 4.74 Å². The van der Waals surface area contributed by atoms with Crippen LogP contribution in [0.5, 0.6) is 5.75 Å². The second kappa shape index (κ2) is 8.94. The average Bonchev–Trinajstić information content (AvgIpc) is 3.26. The average molecular weight is 453 g/mol. The van der Waals surface area contributed by atoms with Gasteiger partial charge in [-0.25, -0.2) is 19.2 Å². The standard InChI is InChI=1S/C25H29FN4O3/c1-15-8-9-17-19(12-15)28-22(21-18(26)6-5-7-20(21)31)29-23(17)30(16-10-11-27-13-16)24(32)33-14-25(2,3)4/h5-9,12,16,27,31H,10-11,13-14H2,1-4H3/t16-/m1/s1. The number of halogens is 1. The Morgan fingerprint density at radius 1 is 1.27 bits per heavy atom. The van der Waals surface area contributed by atoms with Crippen LogP contribution < -0.4 is 10.2 Å². The third-order valence-electron chi connectivity index (χ3n) is 5.50. The maximum atomic E-state index is 14.7. The van der Waals surface area contributed by atoms with Crippen LogP contribution >= 0.6 is 0 Å². The van der Waals surface area contributed by atoms with Crippen molar-refractivity contribution in [3.8, 4) is 17.1 Å². The molecular weight excluding hydrogens is 423 g/mol. The molecule has 0 spiro atoms. The first-order valence-corrected chi connectivity index (χ1v) is 11.1. The number of anilines is 1. The predicted octanol–water partition coefficient (Wildman–Crippen LogP) is 4.80. The highest BCUT2D eigenvalue weighted by Gasteiger charge is 2.33. The zero-order valence-electron chi connectivity index (χ0n) is 19.4. The highest BCUT2D eigenvalue weighted by atomic mass is 19.1. The van der Waals surface area contributed by atoms with Crippen molar-refractivity contribution in [3.63, 3.8) is 0 Å². The lowest BCUT2D eigenvalue weighted by Crippen LogP contribution is -2.43. The lowest BCUT2D eigenvalue weighted by atomic mass is 9.99. The van der Waals surface area contributed by atoms with Gasteiger partial charge in [-0.1, -0.05) is 32.9 Å². The summed E-state index contributed by atoms with van der Waals surface area (Å²) in [4.78, 5) is 24.1. The quantitative estimate of drug-likeness (QED) is 0.591. The molecule has 2 aromatic carbocycles. The van der Waals surface area contributed by atoms with Crippen molar-refractivity contribution in [2.45, 2.75) is 40.2 Å². The number of nitrogens with one attached hydrogen (secondary N) is 1. The summed E-state index contributed by atoms with van der Waals surface area (Å²) in [5, 5.41) is 14.3.